The number of benzene rings is 2. The van der Waals surface area contributed by atoms with E-state index in [9.17, 15) is 4.79 Å². The standard InChI is InChI=1S/C27H34N8O2/c1-6-27(36)34-23-13-24(25(37-7-2)14-22(23)30-10-11-35(4)5)33-26-15-21(31-17-32-26)18-8-9-20(29-3)19(12-18)16-28/h6,8-9,12-17,28-30H,1,7,10-11H2,2-5H3,(H,34,36)(H,31,32,33). The Bertz CT molecular complexity index is 1260. The molecule has 0 aliphatic rings. The number of aromatic nitrogens is 2. The number of ether oxygens (including phenoxy) is 1. The third-order valence-electron chi connectivity index (χ3n) is 5.44. The van der Waals surface area contributed by atoms with Gasteiger partial charge in [-0.15, -0.1) is 0 Å². The van der Waals surface area contributed by atoms with Crippen LogP contribution in [-0.2, 0) is 4.79 Å². The molecule has 0 bridgehead atoms. The maximum absolute atomic E-state index is 12.1. The van der Waals surface area contributed by atoms with Gasteiger partial charge in [-0.25, -0.2) is 9.97 Å². The molecule has 0 unspecified atom stereocenters. The van der Waals surface area contributed by atoms with E-state index in [0.717, 1.165) is 29.0 Å². The molecule has 3 rings (SSSR count). The number of nitrogens with one attached hydrogen (secondary N) is 5. The van der Waals surface area contributed by atoms with E-state index in [1.54, 1.807) is 6.07 Å². The third kappa shape index (κ3) is 7.28. The Morgan fingerprint density at radius 3 is 2.59 bits per heavy atom. The molecule has 2 aromatic carbocycles. The first-order chi connectivity index (χ1) is 17.9. The van der Waals surface area contributed by atoms with Crippen molar-refractivity contribution < 1.29 is 9.53 Å². The molecule has 0 radical (unpaired) electrons. The first-order valence-electron chi connectivity index (χ1n) is 11.9. The Labute approximate surface area is 217 Å². The summed E-state index contributed by atoms with van der Waals surface area (Å²) in [4.78, 5) is 23.0. The summed E-state index contributed by atoms with van der Waals surface area (Å²) >= 11 is 0. The Morgan fingerprint density at radius 2 is 1.92 bits per heavy atom. The van der Waals surface area contributed by atoms with E-state index in [4.69, 9.17) is 10.1 Å². The zero-order chi connectivity index (χ0) is 26.8. The smallest absolute Gasteiger partial charge is 0.247 e. The van der Waals surface area contributed by atoms with Gasteiger partial charge in [-0.3, -0.25) is 4.79 Å². The summed E-state index contributed by atoms with van der Waals surface area (Å²) in [6, 6.07) is 11.2. The molecule has 194 valence electrons. The van der Waals surface area contributed by atoms with Crippen LogP contribution in [0.5, 0.6) is 5.75 Å². The fourth-order valence-corrected chi connectivity index (χ4v) is 3.59. The summed E-state index contributed by atoms with van der Waals surface area (Å²) in [6.45, 7) is 7.43. The van der Waals surface area contributed by atoms with Gasteiger partial charge in [0.1, 0.15) is 17.9 Å². The number of nitrogens with zero attached hydrogens (tertiary/aromatic N) is 3. The molecule has 0 saturated carbocycles. The van der Waals surface area contributed by atoms with Gasteiger partial charge in [-0.1, -0.05) is 12.6 Å². The number of hydrogen-bond donors (Lipinski definition) is 5. The lowest BCUT2D eigenvalue weighted by atomic mass is 10.1. The van der Waals surface area contributed by atoms with Crippen LogP contribution in [0.25, 0.3) is 11.3 Å². The zero-order valence-electron chi connectivity index (χ0n) is 21.7. The fourth-order valence-electron chi connectivity index (χ4n) is 3.59. The lowest BCUT2D eigenvalue weighted by Crippen LogP contribution is -2.21. The molecule has 0 atom stereocenters. The summed E-state index contributed by atoms with van der Waals surface area (Å²) in [5.41, 5.74) is 5.12. The predicted octanol–water partition coefficient (Wildman–Crippen LogP) is 4.42. The highest BCUT2D eigenvalue weighted by Gasteiger charge is 2.14. The number of rotatable bonds is 13. The largest absolute Gasteiger partial charge is 0.492 e. The number of amides is 1. The highest BCUT2D eigenvalue weighted by molar-refractivity contribution is 6.02. The number of hydrogen-bond acceptors (Lipinski definition) is 9. The van der Waals surface area contributed by atoms with Crippen molar-refractivity contribution in [2.75, 3.05) is 62.1 Å². The van der Waals surface area contributed by atoms with Crippen LogP contribution in [0.3, 0.4) is 0 Å². The highest BCUT2D eigenvalue weighted by Crippen LogP contribution is 2.37. The quantitative estimate of drug-likeness (QED) is 0.172. The van der Waals surface area contributed by atoms with E-state index in [2.05, 4.69) is 42.7 Å². The number of carbonyl (C=O) groups excluding carboxylic acids is 1. The third-order valence-corrected chi connectivity index (χ3v) is 5.44. The molecular weight excluding hydrogens is 468 g/mol. The lowest BCUT2D eigenvalue weighted by Gasteiger charge is -2.19. The van der Waals surface area contributed by atoms with Gasteiger partial charge in [-0.05, 0) is 45.3 Å². The molecule has 10 heteroatoms. The minimum atomic E-state index is -0.317. The molecular formula is C27H34N8O2. The molecule has 0 aliphatic carbocycles. The Morgan fingerprint density at radius 1 is 1.11 bits per heavy atom. The molecule has 10 nitrogen and oxygen atoms in total. The van der Waals surface area contributed by atoms with Crippen molar-refractivity contribution in [1.29, 1.82) is 5.41 Å². The average molecular weight is 503 g/mol. The van der Waals surface area contributed by atoms with Crippen LogP contribution < -0.4 is 26.0 Å². The second kappa shape index (κ2) is 13.0. The van der Waals surface area contributed by atoms with E-state index in [-0.39, 0.29) is 5.91 Å². The zero-order valence-corrected chi connectivity index (χ0v) is 21.7. The van der Waals surface area contributed by atoms with Crippen molar-refractivity contribution in [2.45, 2.75) is 6.92 Å². The van der Waals surface area contributed by atoms with E-state index in [1.807, 2.05) is 58.4 Å². The van der Waals surface area contributed by atoms with Gasteiger partial charge in [0, 0.05) is 55.3 Å². The molecule has 3 aromatic rings. The fraction of sp³-hybridized carbons (Fsp3) is 0.259. The predicted molar refractivity (Wildman–Crippen MR) is 152 cm³/mol. The summed E-state index contributed by atoms with van der Waals surface area (Å²) in [5, 5.41) is 20.3. The van der Waals surface area contributed by atoms with Crippen molar-refractivity contribution in [3.8, 4) is 17.0 Å². The minimum absolute atomic E-state index is 0.317. The summed E-state index contributed by atoms with van der Waals surface area (Å²) in [6.07, 6.45) is 4.01. The molecule has 1 heterocycles. The van der Waals surface area contributed by atoms with Gasteiger partial charge in [-0.2, -0.15) is 0 Å². The van der Waals surface area contributed by atoms with E-state index < -0.39 is 0 Å². The van der Waals surface area contributed by atoms with Gasteiger partial charge in [0.15, 0.2) is 0 Å². The van der Waals surface area contributed by atoms with Crippen molar-refractivity contribution in [1.82, 2.24) is 14.9 Å². The second-order valence-electron chi connectivity index (χ2n) is 8.36. The number of carbonyl (C=O) groups is 1. The summed E-state index contributed by atoms with van der Waals surface area (Å²) in [5.74, 6) is 0.840. The van der Waals surface area contributed by atoms with E-state index >= 15 is 0 Å². The van der Waals surface area contributed by atoms with Crippen LogP contribution >= 0.6 is 0 Å². The van der Waals surface area contributed by atoms with Gasteiger partial charge >= 0.3 is 0 Å². The molecule has 0 aliphatic heterocycles. The highest BCUT2D eigenvalue weighted by atomic mass is 16.5. The number of anilines is 5. The van der Waals surface area contributed by atoms with Gasteiger partial charge < -0.3 is 36.3 Å². The van der Waals surface area contributed by atoms with Crippen LogP contribution in [0, 0.1) is 5.41 Å². The summed E-state index contributed by atoms with van der Waals surface area (Å²) < 4.78 is 5.91. The molecule has 37 heavy (non-hydrogen) atoms. The van der Waals surface area contributed by atoms with Crippen LogP contribution in [0.15, 0.2) is 55.4 Å². The molecule has 5 N–H and O–H groups in total. The topological polar surface area (TPSA) is 127 Å². The maximum atomic E-state index is 12.1. The molecule has 1 amide bonds. The van der Waals surface area contributed by atoms with Crippen LogP contribution in [0.4, 0.5) is 28.6 Å². The molecule has 0 fully saturated rings. The molecule has 0 saturated heterocycles. The second-order valence-corrected chi connectivity index (χ2v) is 8.36. The SMILES string of the molecule is C=CC(=O)Nc1cc(Nc2cc(-c3ccc(NC)c(C=N)c3)ncn2)c(OCC)cc1NCCN(C)C. The van der Waals surface area contributed by atoms with Crippen molar-refractivity contribution >= 4 is 40.7 Å². The average Bonchev–Trinajstić information content (AvgIpc) is 2.90. The normalized spacial score (nSPS) is 10.5. The monoisotopic (exact) mass is 502 g/mol. The van der Waals surface area contributed by atoms with Crippen molar-refractivity contribution in [3.63, 3.8) is 0 Å². The lowest BCUT2D eigenvalue weighted by molar-refractivity contribution is -0.111. The molecule has 0 spiro atoms. The Kier molecular flexibility index (Phi) is 9.56. The number of likely N-dealkylation sites (N-methyl/N-ethyl adjacent to an activating group) is 1. The Balaban J connectivity index is 1.97. The van der Waals surface area contributed by atoms with Crippen LogP contribution in [-0.4, -0.2) is 67.8 Å². The van der Waals surface area contributed by atoms with Gasteiger partial charge in [0.05, 0.1) is 29.4 Å². The first kappa shape index (κ1) is 27.2. The van der Waals surface area contributed by atoms with Crippen LogP contribution in [0.1, 0.15) is 12.5 Å². The van der Waals surface area contributed by atoms with E-state index in [0.29, 0.717) is 41.8 Å². The van der Waals surface area contributed by atoms with E-state index in [1.165, 1.54) is 18.6 Å². The van der Waals surface area contributed by atoms with Gasteiger partial charge in [0.25, 0.3) is 0 Å². The van der Waals surface area contributed by atoms with Crippen molar-refractivity contribution in [3.05, 3.63) is 60.9 Å². The minimum Gasteiger partial charge on any atom is -0.492 e. The summed E-state index contributed by atoms with van der Waals surface area (Å²) in [7, 11) is 5.81. The molecule has 1 aromatic heterocycles. The Hall–Kier alpha value is -4.44. The maximum Gasteiger partial charge on any atom is 0.247 e. The first-order valence-corrected chi connectivity index (χ1v) is 11.9. The van der Waals surface area contributed by atoms with Crippen molar-refractivity contribution in [2.24, 2.45) is 0 Å². The van der Waals surface area contributed by atoms with Gasteiger partial charge in [0.2, 0.25) is 5.91 Å². The van der Waals surface area contributed by atoms with Crippen LogP contribution in [0.2, 0.25) is 0 Å².